The molecule has 0 bridgehead atoms. The normalized spacial score (nSPS) is 11.1. The average Bonchev–Trinajstić information content (AvgIpc) is 2.59. The molecule has 0 N–H and O–H groups in total. The Morgan fingerprint density at radius 2 is 2.27 bits per heavy atom. The van der Waals surface area contributed by atoms with E-state index in [4.69, 9.17) is 11.6 Å². The van der Waals surface area contributed by atoms with Crippen LogP contribution in [0.25, 0.3) is 5.52 Å². The minimum absolute atomic E-state index is 0.140. The van der Waals surface area contributed by atoms with Gasteiger partial charge in [-0.15, -0.1) is 0 Å². The predicted molar refractivity (Wildman–Crippen MR) is 59.4 cm³/mol. The summed E-state index contributed by atoms with van der Waals surface area (Å²) in [6.07, 6.45) is 3.44. The van der Waals surface area contributed by atoms with Crippen LogP contribution in [0.1, 0.15) is 19.2 Å². The highest BCUT2D eigenvalue weighted by Crippen LogP contribution is 2.11. The van der Waals surface area contributed by atoms with Crippen molar-refractivity contribution in [3.63, 3.8) is 0 Å². The van der Waals surface area contributed by atoms with Gasteiger partial charge in [-0.3, -0.25) is 4.57 Å². The van der Waals surface area contributed by atoms with Crippen LogP contribution < -0.4 is 5.69 Å². The molecule has 0 spiro atoms. The Labute approximate surface area is 92.1 Å². The molecule has 0 aliphatic rings. The van der Waals surface area contributed by atoms with E-state index in [2.05, 4.69) is 11.9 Å². The molecule has 0 atom stereocenters. The predicted octanol–water partition coefficient (Wildman–Crippen LogP) is 1.64. The van der Waals surface area contributed by atoms with Gasteiger partial charge in [0.1, 0.15) is 11.0 Å². The first-order valence-electron chi connectivity index (χ1n) is 4.87. The van der Waals surface area contributed by atoms with Crippen LogP contribution in [-0.4, -0.2) is 14.0 Å². The van der Waals surface area contributed by atoms with Crippen molar-refractivity contribution in [3.8, 4) is 0 Å². The molecule has 2 aromatic rings. The third-order valence-corrected chi connectivity index (χ3v) is 2.76. The van der Waals surface area contributed by atoms with Gasteiger partial charge in [-0.2, -0.15) is 0 Å². The molecular formula is C10H12ClN3O. The summed E-state index contributed by atoms with van der Waals surface area (Å²) < 4.78 is 3.02. The summed E-state index contributed by atoms with van der Waals surface area (Å²) >= 11 is 5.90. The van der Waals surface area contributed by atoms with Crippen molar-refractivity contribution in [1.82, 2.24) is 14.0 Å². The van der Waals surface area contributed by atoms with Gasteiger partial charge in [0.15, 0.2) is 0 Å². The van der Waals surface area contributed by atoms with Crippen LogP contribution in [0.3, 0.4) is 0 Å². The smallest absolute Gasteiger partial charge is 0.287 e. The molecule has 15 heavy (non-hydrogen) atoms. The molecule has 0 saturated heterocycles. The van der Waals surface area contributed by atoms with E-state index in [0.29, 0.717) is 5.15 Å². The largest absolute Gasteiger partial charge is 0.335 e. The van der Waals surface area contributed by atoms with Crippen LogP contribution in [0, 0.1) is 0 Å². The fourth-order valence-electron chi connectivity index (χ4n) is 1.59. The number of hydrogen-bond donors (Lipinski definition) is 0. The van der Waals surface area contributed by atoms with Gasteiger partial charge >= 0.3 is 5.69 Å². The van der Waals surface area contributed by atoms with Crippen LogP contribution in [0.2, 0.25) is 5.15 Å². The van der Waals surface area contributed by atoms with Gasteiger partial charge in [0.2, 0.25) is 0 Å². The van der Waals surface area contributed by atoms with Crippen molar-refractivity contribution in [3.05, 3.63) is 33.7 Å². The summed E-state index contributed by atoms with van der Waals surface area (Å²) in [5.74, 6) is 0.796. The molecule has 2 aromatic heterocycles. The number of halogens is 1. The number of hydrogen-bond acceptors (Lipinski definition) is 2. The molecule has 0 saturated carbocycles. The molecule has 0 aromatic carbocycles. The van der Waals surface area contributed by atoms with Crippen molar-refractivity contribution < 1.29 is 0 Å². The molecular weight excluding hydrogens is 214 g/mol. The van der Waals surface area contributed by atoms with E-state index < -0.39 is 0 Å². The second-order valence-corrected chi connectivity index (χ2v) is 3.88. The fourth-order valence-corrected chi connectivity index (χ4v) is 1.77. The monoisotopic (exact) mass is 225 g/mol. The third kappa shape index (κ3) is 1.55. The number of aryl methyl sites for hydroxylation is 1. The van der Waals surface area contributed by atoms with E-state index in [9.17, 15) is 4.79 Å². The van der Waals surface area contributed by atoms with Gasteiger partial charge in [-0.05, 0) is 12.5 Å². The summed E-state index contributed by atoms with van der Waals surface area (Å²) in [4.78, 5) is 16.1. The molecule has 0 aliphatic heterocycles. The Hall–Kier alpha value is -1.29. The maximum atomic E-state index is 11.9. The number of imidazole rings is 1. The maximum Gasteiger partial charge on any atom is 0.335 e. The van der Waals surface area contributed by atoms with Crippen LogP contribution in [0.15, 0.2) is 17.1 Å². The summed E-state index contributed by atoms with van der Waals surface area (Å²) in [5, 5.41) is 0.426. The van der Waals surface area contributed by atoms with Gasteiger partial charge in [-0.1, -0.05) is 18.5 Å². The lowest BCUT2D eigenvalue weighted by atomic mass is 10.3. The first-order chi connectivity index (χ1) is 7.15. The Bertz CT molecular complexity index is 556. The van der Waals surface area contributed by atoms with Crippen molar-refractivity contribution in [2.75, 3.05) is 0 Å². The highest BCUT2D eigenvalue weighted by atomic mass is 35.5. The Kier molecular flexibility index (Phi) is 2.52. The number of nitrogens with zero attached hydrogens (tertiary/aromatic N) is 3. The highest BCUT2D eigenvalue weighted by molar-refractivity contribution is 6.29. The van der Waals surface area contributed by atoms with E-state index in [1.807, 2.05) is 0 Å². The molecule has 2 heterocycles. The minimum atomic E-state index is -0.140. The second-order valence-electron chi connectivity index (χ2n) is 3.49. The SMILES string of the molecule is CCCc1ncc2cc(Cl)n(C)c(=O)n12. The van der Waals surface area contributed by atoms with Crippen LogP contribution >= 0.6 is 11.6 Å². The lowest BCUT2D eigenvalue weighted by molar-refractivity contribution is 0.744. The first-order valence-corrected chi connectivity index (χ1v) is 5.24. The summed E-state index contributed by atoms with van der Waals surface area (Å²) in [7, 11) is 1.65. The van der Waals surface area contributed by atoms with Gasteiger partial charge in [0, 0.05) is 13.5 Å². The van der Waals surface area contributed by atoms with E-state index in [0.717, 1.165) is 24.2 Å². The maximum absolute atomic E-state index is 11.9. The van der Waals surface area contributed by atoms with Gasteiger partial charge in [0.05, 0.1) is 11.7 Å². The third-order valence-electron chi connectivity index (χ3n) is 2.40. The number of aromatic nitrogens is 3. The zero-order valence-electron chi connectivity index (χ0n) is 8.70. The molecule has 0 radical (unpaired) electrons. The molecule has 0 fully saturated rings. The topological polar surface area (TPSA) is 39.3 Å². The molecule has 0 amide bonds. The molecule has 4 nitrogen and oxygen atoms in total. The van der Waals surface area contributed by atoms with Crippen LogP contribution in [-0.2, 0) is 13.5 Å². The van der Waals surface area contributed by atoms with E-state index in [1.54, 1.807) is 23.7 Å². The molecule has 2 rings (SSSR count). The highest BCUT2D eigenvalue weighted by Gasteiger charge is 2.09. The standard InChI is InChI=1S/C10H12ClN3O/c1-3-4-9-12-6-7-5-8(11)13(2)10(15)14(7)9/h5-6H,3-4H2,1-2H3. The van der Waals surface area contributed by atoms with Crippen LogP contribution in [0.4, 0.5) is 0 Å². The van der Waals surface area contributed by atoms with Crippen molar-refractivity contribution in [1.29, 1.82) is 0 Å². The minimum Gasteiger partial charge on any atom is -0.287 e. The molecule has 80 valence electrons. The van der Waals surface area contributed by atoms with Crippen molar-refractivity contribution >= 4 is 17.1 Å². The second kappa shape index (κ2) is 3.70. The van der Waals surface area contributed by atoms with Gasteiger partial charge in [-0.25, -0.2) is 14.2 Å². The lowest BCUT2D eigenvalue weighted by Crippen LogP contribution is -2.25. The summed E-state index contributed by atoms with van der Waals surface area (Å²) in [6.45, 7) is 2.06. The zero-order chi connectivity index (χ0) is 11.0. The van der Waals surface area contributed by atoms with Crippen molar-refractivity contribution in [2.24, 2.45) is 7.05 Å². The van der Waals surface area contributed by atoms with Crippen LogP contribution in [0.5, 0.6) is 0 Å². The Morgan fingerprint density at radius 3 is 2.93 bits per heavy atom. The van der Waals surface area contributed by atoms with E-state index in [-0.39, 0.29) is 5.69 Å². The molecule has 0 unspecified atom stereocenters. The average molecular weight is 226 g/mol. The quantitative estimate of drug-likeness (QED) is 0.729. The molecule has 5 heteroatoms. The van der Waals surface area contributed by atoms with Crippen molar-refractivity contribution in [2.45, 2.75) is 19.8 Å². The Balaban J connectivity index is 2.80. The summed E-state index contributed by atoms with van der Waals surface area (Å²) in [5.41, 5.74) is 0.616. The first kappa shape index (κ1) is 10.2. The van der Waals surface area contributed by atoms with Gasteiger partial charge < -0.3 is 0 Å². The fraction of sp³-hybridized carbons (Fsp3) is 0.400. The Morgan fingerprint density at radius 1 is 1.53 bits per heavy atom. The number of rotatable bonds is 2. The lowest BCUT2D eigenvalue weighted by Gasteiger charge is -2.04. The number of fused-ring (bicyclic) bond motifs is 1. The van der Waals surface area contributed by atoms with Gasteiger partial charge in [0.25, 0.3) is 0 Å². The van der Waals surface area contributed by atoms with E-state index >= 15 is 0 Å². The zero-order valence-corrected chi connectivity index (χ0v) is 9.45. The van der Waals surface area contributed by atoms with E-state index in [1.165, 1.54) is 4.57 Å². The summed E-state index contributed by atoms with van der Waals surface area (Å²) in [6, 6.07) is 1.75. The molecule has 0 aliphatic carbocycles.